The number of alkyl halides is 1. The average molecular weight is 340 g/mol. The Balaban J connectivity index is 1.86. The number of nitrogens with one attached hydrogen (secondary N) is 1. The van der Waals surface area contributed by atoms with Crippen molar-refractivity contribution in [2.24, 2.45) is 0 Å². The van der Waals surface area contributed by atoms with Crippen LogP contribution in [0.3, 0.4) is 0 Å². The van der Waals surface area contributed by atoms with Gasteiger partial charge in [-0.25, -0.2) is 0 Å². The first-order chi connectivity index (χ1) is 10.3. The highest BCUT2D eigenvalue weighted by atomic mass is 79.9. The fourth-order valence-electron chi connectivity index (χ4n) is 2.27. The van der Waals surface area contributed by atoms with Gasteiger partial charge in [0, 0.05) is 16.6 Å². The van der Waals surface area contributed by atoms with Crippen molar-refractivity contribution in [3.63, 3.8) is 0 Å². The molecule has 104 valence electrons. The van der Waals surface area contributed by atoms with Crippen LogP contribution in [0.25, 0.3) is 10.8 Å². The van der Waals surface area contributed by atoms with Crippen molar-refractivity contribution in [3.05, 3.63) is 77.9 Å². The largest absolute Gasteiger partial charge is 0.322 e. The maximum Gasteiger partial charge on any atom is 0.255 e. The zero-order valence-electron chi connectivity index (χ0n) is 11.3. The molecule has 0 bridgehead atoms. The van der Waals surface area contributed by atoms with Crippen molar-refractivity contribution < 1.29 is 4.79 Å². The molecule has 0 saturated carbocycles. The third kappa shape index (κ3) is 3.14. The van der Waals surface area contributed by atoms with Gasteiger partial charge in [0.25, 0.3) is 5.91 Å². The lowest BCUT2D eigenvalue weighted by atomic mass is 10.1. The van der Waals surface area contributed by atoms with Gasteiger partial charge in [0.05, 0.1) is 0 Å². The van der Waals surface area contributed by atoms with Crippen LogP contribution in [0, 0.1) is 0 Å². The highest BCUT2D eigenvalue weighted by Crippen LogP contribution is 2.18. The standard InChI is InChI=1S/C18H14BrNO/c19-12-13-4-3-7-17(10-13)20-18(21)16-9-8-14-5-1-2-6-15(14)11-16/h1-11H,12H2,(H,20,21). The molecule has 21 heavy (non-hydrogen) atoms. The molecule has 0 aliphatic carbocycles. The summed E-state index contributed by atoms with van der Waals surface area (Å²) in [6, 6.07) is 21.6. The second-order valence-electron chi connectivity index (χ2n) is 4.85. The lowest BCUT2D eigenvalue weighted by molar-refractivity contribution is 0.102. The second kappa shape index (κ2) is 6.10. The Morgan fingerprint density at radius 3 is 2.52 bits per heavy atom. The van der Waals surface area contributed by atoms with Gasteiger partial charge in [-0.3, -0.25) is 4.79 Å². The molecule has 0 spiro atoms. The molecular formula is C18H14BrNO. The highest BCUT2D eigenvalue weighted by Gasteiger charge is 2.07. The van der Waals surface area contributed by atoms with Gasteiger partial charge >= 0.3 is 0 Å². The monoisotopic (exact) mass is 339 g/mol. The van der Waals surface area contributed by atoms with E-state index < -0.39 is 0 Å². The lowest BCUT2D eigenvalue weighted by Gasteiger charge is -2.07. The van der Waals surface area contributed by atoms with E-state index in [9.17, 15) is 4.79 Å². The quantitative estimate of drug-likeness (QED) is 0.669. The second-order valence-corrected chi connectivity index (χ2v) is 5.41. The Kier molecular flexibility index (Phi) is 4.02. The van der Waals surface area contributed by atoms with E-state index in [-0.39, 0.29) is 5.91 Å². The molecule has 0 fully saturated rings. The maximum absolute atomic E-state index is 12.3. The smallest absolute Gasteiger partial charge is 0.255 e. The van der Waals surface area contributed by atoms with Gasteiger partial charge in [0.1, 0.15) is 0 Å². The topological polar surface area (TPSA) is 29.1 Å². The number of benzene rings is 3. The Morgan fingerprint density at radius 2 is 1.71 bits per heavy atom. The first-order valence-electron chi connectivity index (χ1n) is 6.71. The molecule has 0 atom stereocenters. The molecule has 0 heterocycles. The zero-order valence-corrected chi connectivity index (χ0v) is 12.9. The van der Waals surface area contributed by atoms with Gasteiger partial charge in [0.2, 0.25) is 0 Å². The normalized spacial score (nSPS) is 10.5. The van der Waals surface area contributed by atoms with Gasteiger partial charge in [-0.1, -0.05) is 58.4 Å². The highest BCUT2D eigenvalue weighted by molar-refractivity contribution is 9.08. The number of rotatable bonds is 3. The summed E-state index contributed by atoms with van der Waals surface area (Å²) in [7, 11) is 0. The summed E-state index contributed by atoms with van der Waals surface area (Å²) in [5.41, 5.74) is 2.61. The van der Waals surface area contributed by atoms with E-state index in [2.05, 4.69) is 21.2 Å². The van der Waals surface area contributed by atoms with Gasteiger partial charge in [-0.2, -0.15) is 0 Å². The number of fused-ring (bicyclic) bond motifs is 1. The molecule has 0 saturated heterocycles. The van der Waals surface area contributed by atoms with Crippen molar-refractivity contribution in [1.29, 1.82) is 0 Å². The third-order valence-electron chi connectivity index (χ3n) is 3.35. The van der Waals surface area contributed by atoms with Crippen LogP contribution in [0.2, 0.25) is 0 Å². The molecule has 0 radical (unpaired) electrons. The van der Waals surface area contributed by atoms with E-state index in [0.29, 0.717) is 5.56 Å². The number of anilines is 1. The zero-order chi connectivity index (χ0) is 14.7. The number of amides is 1. The number of carbonyl (C=O) groups excluding carboxylic acids is 1. The lowest BCUT2D eigenvalue weighted by Crippen LogP contribution is -2.11. The SMILES string of the molecule is O=C(Nc1cccc(CBr)c1)c1ccc2ccccc2c1. The van der Waals surface area contributed by atoms with Crippen molar-refractivity contribution in [3.8, 4) is 0 Å². The van der Waals surface area contributed by atoms with E-state index in [1.807, 2.05) is 66.7 Å². The minimum Gasteiger partial charge on any atom is -0.322 e. The van der Waals surface area contributed by atoms with Crippen LogP contribution >= 0.6 is 15.9 Å². The molecule has 1 amide bonds. The van der Waals surface area contributed by atoms with Crippen LogP contribution in [0.15, 0.2) is 66.7 Å². The first-order valence-corrected chi connectivity index (χ1v) is 7.83. The molecule has 3 aromatic rings. The van der Waals surface area contributed by atoms with Crippen LogP contribution in [0.1, 0.15) is 15.9 Å². The van der Waals surface area contributed by atoms with E-state index in [4.69, 9.17) is 0 Å². The fourth-order valence-corrected chi connectivity index (χ4v) is 2.61. The van der Waals surface area contributed by atoms with Gasteiger partial charge < -0.3 is 5.32 Å². The summed E-state index contributed by atoms with van der Waals surface area (Å²) in [6.45, 7) is 0. The Labute approximate surface area is 131 Å². The predicted molar refractivity (Wildman–Crippen MR) is 91.0 cm³/mol. The summed E-state index contributed by atoms with van der Waals surface area (Å²) in [5.74, 6) is -0.0903. The summed E-state index contributed by atoms with van der Waals surface area (Å²) >= 11 is 3.42. The Bertz CT molecular complexity index is 798. The van der Waals surface area contributed by atoms with Gasteiger partial charge in [-0.15, -0.1) is 0 Å². The Hall–Kier alpha value is -2.13. The first kappa shape index (κ1) is 13.8. The van der Waals surface area contributed by atoms with Crippen LogP contribution < -0.4 is 5.32 Å². The maximum atomic E-state index is 12.3. The van der Waals surface area contributed by atoms with Crippen molar-refractivity contribution >= 4 is 38.3 Å². The average Bonchev–Trinajstić information content (AvgIpc) is 2.54. The summed E-state index contributed by atoms with van der Waals surface area (Å²) < 4.78 is 0. The summed E-state index contributed by atoms with van der Waals surface area (Å²) in [4.78, 5) is 12.3. The number of halogens is 1. The van der Waals surface area contributed by atoms with Gasteiger partial charge in [-0.05, 0) is 40.6 Å². The van der Waals surface area contributed by atoms with Crippen molar-refractivity contribution in [2.75, 3.05) is 5.32 Å². The van der Waals surface area contributed by atoms with Crippen molar-refractivity contribution in [1.82, 2.24) is 0 Å². The molecule has 3 rings (SSSR count). The van der Waals surface area contributed by atoms with E-state index in [0.717, 1.165) is 27.4 Å². The molecular weight excluding hydrogens is 326 g/mol. The van der Waals surface area contributed by atoms with E-state index in [1.54, 1.807) is 0 Å². The molecule has 0 unspecified atom stereocenters. The minimum absolute atomic E-state index is 0.0903. The van der Waals surface area contributed by atoms with Crippen LogP contribution in [-0.2, 0) is 5.33 Å². The molecule has 0 aliphatic rings. The van der Waals surface area contributed by atoms with Crippen LogP contribution in [0.4, 0.5) is 5.69 Å². The number of carbonyl (C=O) groups is 1. The van der Waals surface area contributed by atoms with Gasteiger partial charge in [0.15, 0.2) is 0 Å². The van der Waals surface area contributed by atoms with Crippen LogP contribution in [-0.4, -0.2) is 5.91 Å². The summed E-state index contributed by atoms with van der Waals surface area (Å²) in [5, 5.41) is 5.91. The minimum atomic E-state index is -0.0903. The van der Waals surface area contributed by atoms with Crippen LogP contribution in [0.5, 0.6) is 0 Å². The predicted octanol–water partition coefficient (Wildman–Crippen LogP) is 4.99. The van der Waals surface area contributed by atoms with Crippen molar-refractivity contribution in [2.45, 2.75) is 5.33 Å². The summed E-state index contributed by atoms with van der Waals surface area (Å²) in [6.07, 6.45) is 0. The molecule has 0 aromatic heterocycles. The number of hydrogen-bond donors (Lipinski definition) is 1. The molecule has 0 aliphatic heterocycles. The van der Waals surface area contributed by atoms with E-state index >= 15 is 0 Å². The molecule has 1 N–H and O–H groups in total. The Morgan fingerprint density at radius 1 is 0.905 bits per heavy atom. The molecule has 3 heteroatoms. The van der Waals surface area contributed by atoms with E-state index in [1.165, 1.54) is 0 Å². The third-order valence-corrected chi connectivity index (χ3v) is 4.00. The fraction of sp³-hybridized carbons (Fsp3) is 0.0556. The molecule has 2 nitrogen and oxygen atoms in total. The molecule has 3 aromatic carbocycles. The number of hydrogen-bond acceptors (Lipinski definition) is 1.